The maximum atomic E-state index is 12.7. The van der Waals surface area contributed by atoms with Crippen molar-refractivity contribution in [2.75, 3.05) is 14.2 Å². The summed E-state index contributed by atoms with van der Waals surface area (Å²) in [6.07, 6.45) is 5.62. The molecule has 0 radical (unpaired) electrons. The van der Waals surface area contributed by atoms with Gasteiger partial charge in [-0.1, -0.05) is 23.7 Å². The van der Waals surface area contributed by atoms with E-state index < -0.39 is 0 Å². The molecule has 4 rings (SSSR count). The molecule has 1 fully saturated rings. The molecule has 3 aromatic rings. The van der Waals surface area contributed by atoms with E-state index in [1.165, 1.54) is 0 Å². The number of hydrogen-bond donors (Lipinski definition) is 1. The van der Waals surface area contributed by atoms with Crippen LogP contribution in [0.4, 0.5) is 0 Å². The van der Waals surface area contributed by atoms with Crippen LogP contribution in [0.3, 0.4) is 0 Å². The Labute approximate surface area is 156 Å². The third-order valence-electron chi connectivity index (χ3n) is 5.21. The van der Waals surface area contributed by atoms with Crippen LogP contribution in [0.1, 0.15) is 23.2 Å². The van der Waals surface area contributed by atoms with Crippen LogP contribution in [-0.4, -0.2) is 47.1 Å². The molecule has 1 aliphatic rings. The second-order valence-electron chi connectivity index (χ2n) is 6.73. The number of carbonyl (C=O) groups is 1. The van der Waals surface area contributed by atoms with Gasteiger partial charge in [0.15, 0.2) is 0 Å². The fourth-order valence-electron chi connectivity index (χ4n) is 3.43. The summed E-state index contributed by atoms with van der Waals surface area (Å²) < 4.78 is 5.30. The van der Waals surface area contributed by atoms with E-state index in [0.29, 0.717) is 10.6 Å². The number of hydrogen-bond acceptors (Lipinski definition) is 3. The molecule has 1 aliphatic carbocycles. The van der Waals surface area contributed by atoms with Gasteiger partial charge in [-0.05, 0) is 36.6 Å². The Bertz CT molecular complexity index is 945. The smallest absolute Gasteiger partial charge is 0.253 e. The van der Waals surface area contributed by atoms with Crippen LogP contribution in [-0.2, 0) is 4.74 Å². The minimum absolute atomic E-state index is 0.0414. The number of methoxy groups -OCH3 is 1. The highest BCUT2D eigenvalue weighted by molar-refractivity contribution is 6.31. The van der Waals surface area contributed by atoms with Crippen molar-refractivity contribution in [1.82, 2.24) is 14.9 Å². The van der Waals surface area contributed by atoms with Gasteiger partial charge in [-0.3, -0.25) is 4.79 Å². The lowest BCUT2D eigenvalue weighted by Gasteiger charge is -2.40. The molecule has 0 spiro atoms. The number of halogens is 1. The molecular formula is C20H20ClN3O2. The summed E-state index contributed by atoms with van der Waals surface area (Å²) in [7, 11) is 3.58. The highest BCUT2D eigenvalue weighted by Gasteiger charge is 2.34. The molecule has 134 valence electrons. The lowest BCUT2D eigenvalue weighted by atomic mass is 9.88. The van der Waals surface area contributed by atoms with Crippen molar-refractivity contribution >= 4 is 28.5 Å². The van der Waals surface area contributed by atoms with Crippen LogP contribution in [0.5, 0.6) is 0 Å². The Balaban J connectivity index is 1.54. The number of fused-ring (bicyclic) bond motifs is 1. The minimum Gasteiger partial charge on any atom is -0.381 e. The van der Waals surface area contributed by atoms with Gasteiger partial charge in [-0.15, -0.1) is 0 Å². The normalized spacial score (nSPS) is 19.3. The van der Waals surface area contributed by atoms with Gasteiger partial charge in [-0.2, -0.15) is 0 Å². The lowest BCUT2D eigenvalue weighted by molar-refractivity contribution is -0.0144. The van der Waals surface area contributed by atoms with Crippen molar-refractivity contribution in [2.24, 2.45) is 0 Å². The number of rotatable bonds is 4. The number of pyridine rings is 1. The molecule has 1 amide bonds. The number of carbonyl (C=O) groups excluding carboxylic acids is 1. The third-order valence-corrected chi connectivity index (χ3v) is 5.42. The Morgan fingerprint density at radius 2 is 2.04 bits per heavy atom. The Hall–Kier alpha value is -2.37. The first kappa shape index (κ1) is 17.1. The summed E-state index contributed by atoms with van der Waals surface area (Å²) in [4.78, 5) is 21.9. The molecule has 0 bridgehead atoms. The molecular weight excluding hydrogens is 350 g/mol. The molecule has 0 atom stereocenters. The molecule has 1 N–H and O–H groups in total. The molecule has 0 unspecified atom stereocenters. The van der Waals surface area contributed by atoms with Crippen LogP contribution in [0.15, 0.2) is 42.7 Å². The van der Waals surface area contributed by atoms with Gasteiger partial charge in [0.25, 0.3) is 5.91 Å². The van der Waals surface area contributed by atoms with E-state index in [0.717, 1.165) is 35.0 Å². The van der Waals surface area contributed by atoms with Crippen molar-refractivity contribution in [1.29, 1.82) is 0 Å². The largest absolute Gasteiger partial charge is 0.381 e. The van der Waals surface area contributed by atoms with Gasteiger partial charge in [0.1, 0.15) is 5.65 Å². The summed E-state index contributed by atoms with van der Waals surface area (Å²) in [6, 6.07) is 9.82. The SMILES string of the molecule is COC1CC(N(C)C(=O)c2ccc(-c3c[nH]c4ncc(Cl)cc34)cc2)C1. The summed E-state index contributed by atoms with van der Waals surface area (Å²) in [5.41, 5.74) is 3.52. The highest BCUT2D eigenvalue weighted by atomic mass is 35.5. The fraction of sp³-hybridized carbons (Fsp3) is 0.300. The van der Waals surface area contributed by atoms with E-state index >= 15 is 0 Å². The van der Waals surface area contributed by atoms with Crippen LogP contribution < -0.4 is 0 Å². The quantitative estimate of drug-likeness (QED) is 0.752. The predicted octanol–water partition coefficient (Wildman–Crippen LogP) is 4.13. The average Bonchev–Trinajstić information content (AvgIpc) is 3.03. The molecule has 1 aromatic carbocycles. The van der Waals surface area contributed by atoms with Gasteiger partial charge in [0, 0.05) is 49.1 Å². The Kier molecular flexibility index (Phi) is 4.42. The maximum Gasteiger partial charge on any atom is 0.253 e. The van der Waals surface area contributed by atoms with Crippen LogP contribution in [0, 0.1) is 0 Å². The van der Waals surface area contributed by atoms with E-state index in [1.54, 1.807) is 13.3 Å². The fourth-order valence-corrected chi connectivity index (χ4v) is 3.58. The molecule has 2 aromatic heterocycles. The van der Waals surface area contributed by atoms with Gasteiger partial charge in [0.05, 0.1) is 11.1 Å². The second-order valence-corrected chi connectivity index (χ2v) is 7.16. The summed E-state index contributed by atoms with van der Waals surface area (Å²) >= 11 is 6.07. The van der Waals surface area contributed by atoms with Crippen molar-refractivity contribution in [2.45, 2.75) is 25.0 Å². The van der Waals surface area contributed by atoms with E-state index in [-0.39, 0.29) is 18.1 Å². The van der Waals surface area contributed by atoms with Crippen molar-refractivity contribution in [3.63, 3.8) is 0 Å². The molecule has 5 nitrogen and oxygen atoms in total. The van der Waals surface area contributed by atoms with Gasteiger partial charge < -0.3 is 14.6 Å². The summed E-state index contributed by atoms with van der Waals surface area (Å²) in [5, 5.41) is 1.57. The van der Waals surface area contributed by atoms with Crippen LogP contribution in [0.25, 0.3) is 22.2 Å². The second kappa shape index (κ2) is 6.74. The van der Waals surface area contributed by atoms with Crippen molar-refractivity contribution < 1.29 is 9.53 Å². The molecule has 0 saturated heterocycles. The number of ether oxygens (including phenoxy) is 1. The number of nitrogens with zero attached hydrogens (tertiary/aromatic N) is 2. The third kappa shape index (κ3) is 2.97. The summed E-state index contributed by atoms with van der Waals surface area (Å²) in [6.45, 7) is 0. The Morgan fingerprint density at radius 1 is 1.31 bits per heavy atom. The van der Waals surface area contributed by atoms with Gasteiger partial charge in [0.2, 0.25) is 0 Å². The van der Waals surface area contributed by atoms with Crippen molar-refractivity contribution in [3.05, 3.63) is 53.3 Å². The Morgan fingerprint density at radius 3 is 2.73 bits per heavy atom. The zero-order valence-corrected chi connectivity index (χ0v) is 15.5. The number of aromatic nitrogens is 2. The standard InChI is InChI=1S/C20H20ClN3O2/c1-24(15-8-16(9-15)26-2)20(25)13-5-3-12(4-6-13)18-11-23-19-17(18)7-14(21)10-22-19/h3-7,10-11,15-16H,8-9H2,1-2H3,(H,22,23). The molecule has 26 heavy (non-hydrogen) atoms. The van der Waals surface area contributed by atoms with E-state index in [4.69, 9.17) is 16.3 Å². The summed E-state index contributed by atoms with van der Waals surface area (Å²) in [5.74, 6) is 0.0414. The van der Waals surface area contributed by atoms with Crippen molar-refractivity contribution in [3.8, 4) is 11.1 Å². The zero-order valence-electron chi connectivity index (χ0n) is 14.7. The number of H-pyrrole nitrogens is 1. The monoisotopic (exact) mass is 369 g/mol. The average molecular weight is 370 g/mol. The van der Waals surface area contributed by atoms with E-state index in [2.05, 4.69) is 9.97 Å². The number of aromatic amines is 1. The van der Waals surface area contributed by atoms with Gasteiger partial charge >= 0.3 is 0 Å². The molecule has 6 heteroatoms. The number of nitrogens with one attached hydrogen (secondary N) is 1. The van der Waals surface area contributed by atoms with Crippen LogP contribution in [0.2, 0.25) is 5.02 Å². The van der Waals surface area contributed by atoms with Gasteiger partial charge in [-0.25, -0.2) is 4.98 Å². The highest BCUT2D eigenvalue weighted by Crippen LogP contribution is 2.31. The number of benzene rings is 1. The van der Waals surface area contributed by atoms with E-state index in [9.17, 15) is 4.79 Å². The molecule has 2 heterocycles. The van der Waals surface area contributed by atoms with E-state index in [1.807, 2.05) is 48.5 Å². The first-order chi connectivity index (χ1) is 12.6. The topological polar surface area (TPSA) is 58.2 Å². The minimum atomic E-state index is 0.0414. The molecule has 1 saturated carbocycles. The predicted molar refractivity (Wildman–Crippen MR) is 102 cm³/mol. The number of amides is 1. The zero-order chi connectivity index (χ0) is 18.3. The maximum absolute atomic E-state index is 12.7. The van der Waals surface area contributed by atoms with Crippen LogP contribution >= 0.6 is 11.6 Å². The first-order valence-corrected chi connectivity index (χ1v) is 8.97. The molecule has 0 aliphatic heterocycles. The lowest BCUT2D eigenvalue weighted by Crippen LogP contribution is -2.48. The first-order valence-electron chi connectivity index (χ1n) is 8.60.